The van der Waals surface area contributed by atoms with E-state index in [4.69, 9.17) is 0 Å². The van der Waals surface area contributed by atoms with Crippen molar-refractivity contribution in [2.24, 2.45) is 5.92 Å². The molecule has 1 aromatic carbocycles. The molecule has 17 heavy (non-hydrogen) atoms. The molecule has 1 aliphatic carbocycles. The van der Waals surface area contributed by atoms with Gasteiger partial charge in [0, 0.05) is 17.5 Å². The molecular weight excluding hydrogens is 210 g/mol. The minimum absolute atomic E-state index is 0.144. The lowest BCUT2D eigenvalue weighted by Crippen LogP contribution is -2.30. The summed E-state index contributed by atoms with van der Waals surface area (Å²) in [5.74, 6) is 0.585. The van der Waals surface area contributed by atoms with Gasteiger partial charge in [-0.15, -0.1) is 0 Å². The van der Waals surface area contributed by atoms with E-state index in [1.54, 1.807) is 0 Å². The third-order valence-electron chi connectivity index (χ3n) is 3.87. The van der Waals surface area contributed by atoms with E-state index in [0.29, 0.717) is 12.0 Å². The molecule has 2 fully saturated rings. The molecule has 0 radical (unpaired) electrons. The summed E-state index contributed by atoms with van der Waals surface area (Å²) in [7, 11) is 0. The standard InChI is InChI=1S/C15H17NO/c17-15-13(10-11-6-2-1-3-7-11)12-8-4-5-9-14(12)16-15/h1-3,6-7,10,12,14H,4-5,8-9H2,(H,16,17)/b13-10-. The Morgan fingerprint density at radius 2 is 1.88 bits per heavy atom. The maximum Gasteiger partial charge on any atom is 0.247 e. The predicted octanol–water partition coefficient (Wildman–Crippen LogP) is 2.76. The molecule has 0 bridgehead atoms. The van der Waals surface area contributed by atoms with Crippen LogP contribution in [0.4, 0.5) is 0 Å². The van der Waals surface area contributed by atoms with Gasteiger partial charge >= 0.3 is 0 Å². The quantitative estimate of drug-likeness (QED) is 0.734. The zero-order valence-electron chi connectivity index (χ0n) is 9.86. The molecule has 88 valence electrons. The lowest BCUT2D eigenvalue weighted by molar-refractivity contribution is -0.116. The van der Waals surface area contributed by atoms with Crippen LogP contribution in [0.15, 0.2) is 35.9 Å². The van der Waals surface area contributed by atoms with Crippen LogP contribution in [0.25, 0.3) is 6.08 Å². The van der Waals surface area contributed by atoms with Crippen molar-refractivity contribution in [3.63, 3.8) is 0 Å². The van der Waals surface area contributed by atoms with Crippen molar-refractivity contribution >= 4 is 12.0 Å². The van der Waals surface area contributed by atoms with Crippen molar-refractivity contribution < 1.29 is 4.79 Å². The maximum absolute atomic E-state index is 12.0. The number of nitrogens with one attached hydrogen (secondary N) is 1. The fourth-order valence-electron chi connectivity index (χ4n) is 3.00. The van der Waals surface area contributed by atoms with Crippen LogP contribution >= 0.6 is 0 Å². The Hall–Kier alpha value is -1.57. The SMILES string of the molecule is O=C1NC2CCCCC2/C1=C/c1ccccc1. The molecule has 2 unspecified atom stereocenters. The number of hydrogen-bond acceptors (Lipinski definition) is 1. The molecular formula is C15H17NO. The minimum atomic E-state index is 0.144. The molecule has 1 N–H and O–H groups in total. The second-order valence-electron chi connectivity index (χ2n) is 4.98. The summed E-state index contributed by atoms with van der Waals surface area (Å²) < 4.78 is 0. The van der Waals surface area contributed by atoms with Gasteiger partial charge in [0.2, 0.25) is 5.91 Å². The third kappa shape index (κ3) is 1.99. The second-order valence-corrected chi connectivity index (χ2v) is 4.98. The van der Waals surface area contributed by atoms with Gasteiger partial charge in [-0.25, -0.2) is 0 Å². The molecule has 1 aliphatic heterocycles. The maximum atomic E-state index is 12.0. The van der Waals surface area contributed by atoms with Gasteiger partial charge in [-0.3, -0.25) is 4.79 Å². The number of rotatable bonds is 1. The summed E-state index contributed by atoms with van der Waals surface area (Å²) in [5.41, 5.74) is 2.12. The summed E-state index contributed by atoms with van der Waals surface area (Å²) in [6.07, 6.45) is 6.86. The molecule has 0 spiro atoms. The normalized spacial score (nSPS) is 30.1. The van der Waals surface area contributed by atoms with Gasteiger partial charge in [0.1, 0.15) is 0 Å². The van der Waals surface area contributed by atoms with Crippen LogP contribution in [-0.4, -0.2) is 11.9 Å². The highest BCUT2D eigenvalue weighted by Gasteiger charge is 2.38. The second kappa shape index (κ2) is 4.36. The summed E-state index contributed by atoms with van der Waals surface area (Å²) >= 11 is 0. The van der Waals surface area contributed by atoms with E-state index in [-0.39, 0.29) is 5.91 Å². The number of carbonyl (C=O) groups excluding carboxylic acids is 1. The number of amides is 1. The molecule has 2 aliphatic rings. The number of fused-ring (bicyclic) bond motifs is 1. The lowest BCUT2D eigenvalue weighted by Gasteiger charge is -2.24. The fourth-order valence-corrected chi connectivity index (χ4v) is 3.00. The molecule has 2 atom stereocenters. The number of carbonyl (C=O) groups is 1. The third-order valence-corrected chi connectivity index (χ3v) is 3.87. The van der Waals surface area contributed by atoms with Crippen LogP contribution in [0, 0.1) is 5.92 Å². The lowest BCUT2D eigenvalue weighted by atomic mass is 9.82. The first-order chi connectivity index (χ1) is 8.34. The summed E-state index contributed by atoms with van der Waals surface area (Å²) in [6, 6.07) is 10.5. The molecule has 2 nitrogen and oxygen atoms in total. The van der Waals surface area contributed by atoms with Crippen LogP contribution in [0.3, 0.4) is 0 Å². The molecule has 0 aromatic heterocycles. The average Bonchev–Trinajstić information content (AvgIpc) is 2.68. The van der Waals surface area contributed by atoms with Crippen LogP contribution in [-0.2, 0) is 4.79 Å². The Labute approximate surface area is 102 Å². The fraction of sp³-hybridized carbons (Fsp3) is 0.400. The Bertz CT molecular complexity index is 449. The van der Waals surface area contributed by atoms with Gasteiger partial charge in [-0.05, 0) is 24.5 Å². The van der Waals surface area contributed by atoms with Gasteiger partial charge in [-0.2, -0.15) is 0 Å². The Balaban J connectivity index is 1.91. The van der Waals surface area contributed by atoms with E-state index in [2.05, 4.69) is 23.5 Å². The zero-order chi connectivity index (χ0) is 11.7. The van der Waals surface area contributed by atoms with Crippen molar-refractivity contribution in [2.45, 2.75) is 31.7 Å². The van der Waals surface area contributed by atoms with E-state index in [1.807, 2.05) is 18.2 Å². The topological polar surface area (TPSA) is 29.1 Å². The van der Waals surface area contributed by atoms with Gasteiger partial charge in [0.15, 0.2) is 0 Å². The largest absolute Gasteiger partial charge is 0.349 e. The Kier molecular flexibility index (Phi) is 2.71. The van der Waals surface area contributed by atoms with Crippen molar-refractivity contribution in [2.75, 3.05) is 0 Å². The number of hydrogen-bond donors (Lipinski definition) is 1. The van der Waals surface area contributed by atoms with Crippen LogP contribution in [0.1, 0.15) is 31.2 Å². The molecule has 1 saturated carbocycles. The smallest absolute Gasteiger partial charge is 0.247 e. The predicted molar refractivity (Wildman–Crippen MR) is 68.3 cm³/mol. The average molecular weight is 227 g/mol. The van der Waals surface area contributed by atoms with Gasteiger partial charge in [0.05, 0.1) is 0 Å². The van der Waals surface area contributed by atoms with E-state index in [0.717, 1.165) is 24.0 Å². The highest BCUT2D eigenvalue weighted by atomic mass is 16.2. The first-order valence-corrected chi connectivity index (χ1v) is 6.42. The molecule has 1 amide bonds. The van der Waals surface area contributed by atoms with E-state index >= 15 is 0 Å². The van der Waals surface area contributed by atoms with E-state index < -0.39 is 0 Å². The van der Waals surface area contributed by atoms with Crippen LogP contribution < -0.4 is 5.32 Å². The minimum Gasteiger partial charge on any atom is -0.349 e. The van der Waals surface area contributed by atoms with Crippen molar-refractivity contribution in [1.29, 1.82) is 0 Å². The monoisotopic (exact) mass is 227 g/mol. The summed E-state index contributed by atoms with van der Waals surface area (Å²) in [6.45, 7) is 0. The van der Waals surface area contributed by atoms with Crippen molar-refractivity contribution in [3.8, 4) is 0 Å². The molecule has 1 saturated heterocycles. The van der Waals surface area contributed by atoms with Crippen molar-refractivity contribution in [1.82, 2.24) is 5.32 Å². The molecule has 3 rings (SSSR count). The highest BCUT2D eigenvalue weighted by Crippen LogP contribution is 2.35. The van der Waals surface area contributed by atoms with E-state index in [9.17, 15) is 4.79 Å². The highest BCUT2D eigenvalue weighted by molar-refractivity contribution is 6.01. The van der Waals surface area contributed by atoms with Crippen LogP contribution in [0.5, 0.6) is 0 Å². The molecule has 1 aromatic rings. The first kappa shape index (κ1) is 10.6. The van der Waals surface area contributed by atoms with Crippen molar-refractivity contribution in [3.05, 3.63) is 41.5 Å². The molecule has 2 heteroatoms. The zero-order valence-corrected chi connectivity index (χ0v) is 9.86. The van der Waals surface area contributed by atoms with E-state index in [1.165, 1.54) is 12.8 Å². The van der Waals surface area contributed by atoms with Gasteiger partial charge in [0.25, 0.3) is 0 Å². The Morgan fingerprint density at radius 3 is 2.71 bits per heavy atom. The first-order valence-electron chi connectivity index (χ1n) is 6.42. The molecule has 1 heterocycles. The van der Waals surface area contributed by atoms with Crippen LogP contribution in [0.2, 0.25) is 0 Å². The van der Waals surface area contributed by atoms with Gasteiger partial charge < -0.3 is 5.32 Å². The Morgan fingerprint density at radius 1 is 1.12 bits per heavy atom. The van der Waals surface area contributed by atoms with Gasteiger partial charge in [-0.1, -0.05) is 43.2 Å². The summed E-state index contributed by atoms with van der Waals surface area (Å²) in [4.78, 5) is 12.0. The number of benzene rings is 1. The summed E-state index contributed by atoms with van der Waals surface area (Å²) in [5, 5.41) is 3.12.